The Bertz CT molecular complexity index is 576. The number of nitriles is 1. The van der Waals surface area contributed by atoms with Crippen molar-refractivity contribution in [3.63, 3.8) is 0 Å². The Balaban J connectivity index is 2.33. The summed E-state index contributed by atoms with van der Waals surface area (Å²) in [4.78, 5) is 11.6. The number of ether oxygens (including phenoxy) is 2. The van der Waals surface area contributed by atoms with Crippen LogP contribution in [0.15, 0.2) is 18.2 Å². The van der Waals surface area contributed by atoms with Gasteiger partial charge in [0.1, 0.15) is 0 Å². The highest BCUT2D eigenvalue weighted by molar-refractivity contribution is 5.63. The summed E-state index contributed by atoms with van der Waals surface area (Å²) in [6.45, 7) is -2.30. The minimum atomic E-state index is -3.10. The summed E-state index contributed by atoms with van der Waals surface area (Å²) in [7, 11) is 0. The number of hydrogen-bond acceptors (Lipinski definition) is 6. The normalized spacial score (nSPS) is 18.4. The molecule has 1 aromatic carbocycles. The molecule has 1 atom stereocenters. The van der Waals surface area contributed by atoms with Gasteiger partial charge in [0.05, 0.1) is 35.9 Å². The SMILES string of the molecule is N#CC1CN(c2ccc([N+](=O)[O-])cc2OC(F)F)CCO1. The Kier molecular flexibility index (Phi) is 4.49. The molecule has 0 radical (unpaired) electrons. The molecule has 1 unspecified atom stereocenters. The highest BCUT2D eigenvalue weighted by atomic mass is 19.3. The molecular weight excluding hydrogens is 288 g/mol. The Morgan fingerprint density at radius 2 is 2.33 bits per heavy atom. The fourth-order valence-electron chi connectivity index (χ4n) is 2.01. The summed E-state index contributed by atoms with van der Waals surface area (Å²) in [5.41, 5.74) is -0.0797. The van der Waals surface area contributed by atoms with Gasteiger partial charge in [-0.1, -0.05) is 0 Å². The molecule has 0 saturated carbocycles. The van der Waals surface area contributed by atoms with Crippen LogP contribution < -0.4 is 9.64 Å². The largest absolute Gasteiger partial charge is 0.432 e. The second-order valence-electron chi connectivity index (χ2n) is 4.22. The van der Waals surface area contributed by atoms with Crippen LogP contribution in [0.1, 0.15) is 0 Å². The maximum atomic E-state index is 12.5. The van der Waals surface area contributed by atoms with Crippen molar-refractivity contribution in [2.45, 2.75) is 12.7 Å². The number of benzene rings is 1. The molecule has 9 heteroatoms. The molecule has 1 aliphatic heterocycles. The second-order valence-corrected chi connectivity index (χ2v) is 4.22. The van der Waals surface area contributed by atoms with E-state index in [0.29, 0.717) is 6.54 Å². The van der Waals surface area contributed by atoms with Gasteiger partial charge in [-0.3, -0.25) is 10.1 Å². The monoisotopic (exact) mass is 299 g/mol. The zero-order valence-corrected chi connectivity index (χ0v) is 10.7. The minimum absolute atomic E-state index is 0.175. The number of alkyl halides is 2. The molecule has 21 heavy (non-hydrogen) atoms. The van der Waals surface area contributed by atoms with Crippen LogP contribution in [0.4, 0.5) is 20.2 Å². The lowest BCUT2D eigenvalue weighted by molar-refractivity contribution is -0.385. The topological polar surface area (TPSA) is 88.6 Å². The average Bonchev–Trinajstić information content (AvgIpc) is 2.46. The third-order valence-corrected chi connectivity index (χ3v) is 2.92. The molecular formula is C12H11F2N3O4. The van der Waals surface area contributed by atoms with Crippen LogP contribution in [-0.4, -0.2) is 37.3 Å². The van der Waals surface area contributed by atoms with E-state index in [1.807, 2.05) is 6.07 Å². The summed E-state index contributed by atoms with van der Waals surface area (Å²) in [6, 6.07) is 5.40. The Labute approximate surface area is 118 Å². The predicted octanol–water partition coefficient (Wildman–Crippen LogP) is 1.92. The zero-order valence-electron chi connectivity index (χ0n) is 10.7. The molecule has 1 aromatic rings. The van der Waals surface area contributed by atoms with Crippen molar-refractivity contribution in [1.29, 1.82) is 5.26 Å². The second kappa shape index (κ2) is 6.32. The first kappa shape index (κ1) is 14.9. The lowest BCUT2D eigenvalue weighted by atomic mass is 10.2. The van der Waals surface area contributed by atoms with Crippen molar-refractivity contribution in [2.24, 2.45) is 0 Å². The van der Waals surface area contributed by atoms with E-state index in [-0.39, 0.29) is 30.3 Å². The fourth-order valence-corrected chi connectivity index (χ4v) is 2.01. The van der Waals surface area contributed by atoms with Gasteiger partial charge in [-0.05, 0) is 6.07 Å². The standard InChI is InChI=1S/C12H11F2N3O4/c13-12(14)21-11-5-8(17(18)19)1-2-10(11)16-3-4-20-9(6-15)7-16/h1-2,5,9,12H,3-4,7H2. The number of nitro groups is 1. The molecule has 0 amide bonds. The first-order chi connectivity index (χ1) is 10.0. The number of rotatable bonds is 4. The van der Waals surface area contributed by atoms with Crippen LogP contribution in [0, 0.1) is 21.4 Å². The van der Waals surface area contributed by atoms with Crippen LogP contribution in [0.5, 0.6) is 5.75 Å². The molecule has 2 rings (SSSR count). The third-order valence-electron chi connectivity index (χ3n) is 2.92. The summed E-state index contributed by atoms with van der Waals surface area (Å²) in [5, 5.41) is 19.6. The molecule has 1 fully saturated rings. The Hall–Kier alpha value is -2.47. The van der Waals surface area contributed by atoms with E-state index in [1.165, 1.54) is 12.1 Å². The van der Waals surface area contributed by atoms with E-state index < -0.39 is 17.6 Å². The van der Waals surface area contributed by atoms with Crippen molar-refractivity contribution >= 4 is 11.4 Å². The van der Waals surface area contributed by atoms with Crippen LogP contribution in [-0.2, 0) is 4.74 Å². The number of halogens is 2. The first-order valence-corrected chi connectivity index (χ1v) is 6.00. The summed E-state index contributed by atoms with van der Waals surface area (Å²) >= 11 is 0. The molecule has 0 bridgehead atoms. The smallest absolute Gasteiger partial charge is 0.387 e. The van der Waals surface area contributed by atoms with Gasteiger partial charge in [0.25, 0.3) is 5.69 Å². The van der Waals surface area contributed by atoms with Crippen LogP contribution >= 0.6 is 0 Å². The molecule has 0 spiro atoms. The molecule has 0 N–H and O–H groups in total. The molecule has 0 aromatic heterocycles. The van der Waals surface area contributed by atoms with Gasteiger partial charge >= 0.3 is 6.61 Å². The number of nitro benzene ring substituents is 1. The van der Waals surface area contributed by atoms with E-state index in [4.69, 9.17) is 10.00 Å². The lowest BCUT2D eigenvalue weighted by Gasteiger charge is -2.32. The van der Waals surface area contributed by atoms with Gasteiger partial charge in [0.2, 0.25) is 0 Å². The Morgan fingerprint density at radius 1 is 1.57 bits per heavy atom. The minimum Gasteiger partial charge on any atom is -0.432 e. The quantitative estimate of drug-likeness (QED) is 0.623. The van der Waals surface area contributed by atoms with E-state index in [0.717, 1.165) is 6.07 Å². The maximum absolute atomic E-state index is 12.5. The number of hydrogen-bond donors (Lipinski definition) is 0. The average molecular weight is 299 g/mol. The van der Waals surface area contributed by atoms with E-state index in [9.17, 15) is 18.9 Å². The van der Waals surface area contributed by atoms with Gasteiger partial charge in [-0.2, -0.15) is 14.0 Å². The van der Waals surface area contributed by atoms with Gasteiger partial charge in [-0.15, -0.1) is 0 Å². The van der Waals surface area contributed by atoms with Crippen molar-refractivity contribution in [3.8, 4) is 11.8 Å². The fraction of sp³-hybridized carbons (Fsp3) is 0.417. The van der Waals surface area contributed by atoms with Gasteiger partial charge in [0.15, 0.2) is 11.9 Å². The molecule has 112 valence electrons. The third kappa shape index (κ3) is 3.55. The van der Waals surface area contributed by atoms with E-state index >= 15 is 0 Å². The summed E-state index contributed by atoms with van der Waals surface area (Å²) < 4.78 is 34.4. The number of nitrogens with zero attached hydrogens (tertiary/aromatic N) is 3. The van der Waals surface area contributed by atoms with E-state index in [2.05, 4.69) is 4.74 Å². The van der Waals surface area contributed by atoms with Crippen LogP contribution in [0.3, 0.4) is 0 Å². The van der Waals surface area contributed by atoms with Crippen molar-refractivity contribution < 1.29 is 23.2 Å². The van der Waals surface area contributed by atoms with Crippen LogP contribution in [0.25, 0.3) is 0 Å². The Morgan fingerprint density at radius 3 is 2.95 bits per heavy atom. The zero-order chi connectivity index (χ0) is 15.4. The molecule has 7 nitrogen and oxygen atoms in total. The number of anilines is 1. The van der Waals surface area contributed by atoms with Crippen molar-refractivity contribution in [3.05, 3.63) is 28.3 Å². The molecule has 1 heterocycles. The first-order valence-electron chi connectivity index (χ1n) is 6.00. The predicted molar refractivity (Wildman–Crippen MR) is 67.3 cm³/mol. The summed E-state index contributed by atoms with van der Waals surface area (Å²) in [5.74, 6) is -0.294. The van der Waals surface area contributed by atoms with Crippen LogP contribution in [0.2, 0.25) is 0 Å². The maximum Gasteiger partial charge on any atom is 0.387 e. The van der Waals surface area contributed by atoms with Gasteiger partial charge in [-0.25, -0.2) is 0 Å². The lowest BCUT2D eigenvalue weighted by Crippen LogP contribution is -2.42. The highest BCUT2D eigenvalue weighted by Crippen LogP contribution is 2.34. The summed E-state index contributed by atoms with van der Waals surface area (Å²) in [6.07, 6.45) is -0.687. The highest BCUT2D eigenvalue weighted by Gasteiger charge is 2.25. The van der Waals surface area contributed by atoms with Crippen molar-refractivity contribution in [2.75, 3.05) is 24.6 Å². The van der Waals surface area contributed by atoms with Gasteiger partial charge < -0.3 is 14.4 Å². The van der Waals surface area contributed by atoms with E-state index in [1.54, 1.807) is 4.90 Å². The number of morpholine rings is 1. The number of non-ortho nitro benzene ring substituents is 1. The van der Waals surface area contributed by atoms with Gasteiger partial charge in [0, 0.05) is 12.6 Å². The molecule has 1 aliphatic rings. The van der Waals surface area contributed by atoms with Crippen molar-refractivity contribution in [1.82, 2.24) is 0 Å². The molecule has 1 saturated heterocycles. The molecule has 0 aliphatic carbocycles.